The van der Waals surface area contributed by atoms with Gasteiger partial charge in [0.15, 0.2) is 0 Å². The van der Waals surface area contributed by atoms with Crippen LogP contribution >= 0.6 is 0 Å². The molecule has 0 aromatic heterocycles. The summed E-state index contributed by atoms with van der Waals surface area (Å²) in [6, 6.07) is 17.2. The van der Waals surface area contributed by atoms with Gasteiger partial charge in [0, 0.05) is 19.5 Å². The number of carbonyl (C=O) groups excluding carboxylic acids is 1. The largest absolute Gasteiger partial charge is 0.352 e. The topological polar surface area (TPSA) is 32.3 Å². The van der Waals surface area contributed by atoms with E-state index < -0.39 is 0 Å². The quantitative estimate of drug-likeness (QED) is 0.777. The van der Waals surface area contributed by atoms with Gasteiger partial charge in [-0.1, -0.05) is 55.5 Å². The summed E-state index contributed by atoms with van der Waals surface area (Å²) in [5.41, 5.74) is 5.09. The predicted molar refractivity (Wildman–Crippen MR) is 107 cm³/mol. The smallest absolute Gasteiger partial charge is 0.220 e. The maximum Gasteiger partial charge on any atom is 0.220 e. The van der Waals surface area contributed by atoms with E-state index in [1.165, 1.54) is 48.2 Å². The van der Waals surface area contributed by atoms with Gasteiger partial charge in [-0.3, -0.25) is 9.69 Å². The van der Waals surface area contributed by atoms with Crippen LogP contribution in [0.4, 0.5) is 0 Å². The molecule has 0 radical (unpaired) electrons. The van der Waals surface area contributed by atoms with Gasteiger partial charge in [-0.05, 0) is 61.0 Å². The highest BCUT2D eigenvalue weighted by Gasteiger charge is 2.11. The fraction of sp³-hybridized carbons (Fsp3) is 0.435. The molecule has 3 nitrogen and oxygen atoms in total. The van der Waals surface area contributed by atoms with Crippen molar-refractivity contribution in [1.29, 1.82) is 0 Å². The number of nitrogens with one attached hydrogen (secondary N) is 1. The van der Waals surface area contributed by atoms with Crippen molar-refractivity contribution >= 4 is 5.91 Å². The van der Waals surface area contributed by atoms with Gasteiger partial charge in [-0.25, -0.2) is 0 Å². The van der Waals surface area contributed by atoms with Crippen LogP contribution in [0.3, 0.4) is 0 Å². The van der Waals surface area contributed by atoms with E-state index >= 15 is 0 Å². The second kappa shape index (κ2) is 9.54. The molecule has 3 heteroatoms. The summed E-state index contributed by atoms with van der Waals surface area (Å²) in [6.07, 6.45) is 5.02. The molecule has 1 aliphatic rings. The highest BCUT2D eigenvalue weighted by atomic mass is 16.1. The van der Waals surface area contributed by atoms with Gasteiger partial charge < -0.3 is 5.32 Å². The summed E-state index contributed by atoms with van der Waals surface area (Å²) in [5, 5.41) is 3.06. The van der Waals surface area contributed by atoms with Crippen LogP contribution in [-0.4, -0.2) is 23.9 Å². The molecule has 1 heterocycles. The second-order valence-electron chi connectivity index (χ2n) is 7.25. The number of aryl methyl sites for hydroxylation is 2. The lowest BCUT2D eigenvalue weighted by atomic mass is 10.1. The number of hydrogen-bond donors (Lipinski definition) is 1. The number of likely N-dealkylation sites (tertiary alicyclic amines) is 1. The van der Waals surface area contributed by atoms with Crippen LogP contribution in [0.5, 0.6) is 0 Å². The van der Waals surface area contributed by atoms with Crippen molar-refractivity contribution in [3.05, 3.63) is 70.8 Å². The number of amides is 1. The molecule has 26 heavy (non-hydrogen) atoms. The zero-order valence-electron chi connectivity index (χ0n) is 15.8. The highest BCUT2D eigenvalue weighted by Crippen LogP contribution is 2.14. The Morgan fingerprint density at radius 3 is 2.38 bits per heavy atom. The van der Waals surface area contributed by atoms with Crippen molar-refractivity contribution in [2.24, 2.45) is 0 Å². The van der Waals surface area contributed by atoms with Gasteiger partial charge >= 0.3 is 0 Å². The molecule has 1 amide bonds. The third kappa shape index (κ3) is 5.70. The Hall–Kier alpha value is -2.13. The Balaban J connectivity index is 1.43. The van der Waals surface area contributed by atoms with Gasteiger partial charge in [0.1, 0.15) is 0 Å². The van der Waals surface area contributed by atoms with E-state index in [9.17, 15) is 4.79 Å². The van der Waals surface area contributed by atoms with E-state index in [0.29, 0.717) is 13.0 Å². The highest BCUT2D eigenvalue weighted by molar-refractivity contribution is 5.76. The first kappa shape index (κ1) is 18.7. The molecular formula is C23H30N2O. The molecule has 0 aliphatic carbocycles. The Labute approximate surface area is 157 Å². The molecule has 0 atom stereocenters. The van der Waals surface area contributed by atoms with Crippen LogP contribution in [0.25, 0.3) is 0 Å². The van der Waals surface area contributed by atoms with Crippen molar-refractivity contribution in [2.75, 3.05) is 13.1 Å². The minimum Gasteiger partial charge on any atom is -0.352 e. The minimum absolute atomic E-state index is 0.120. The Morgan fingerprint density at radius 2 is 1.65 bits per heavy atom. The average molecular weight is 351 g/mol. The third-order valence-corrected chi connectivity index (χ3v) is 5.16. The lowest BCUT2D eigenvalue weighted by molar-refractivity contribution is -0.121. The van der Waals surface area contributed by atoms with Gasteiger partial charge in [0.2, 0.25) is 5.91 Å². The minimum atomic E-state index is 0.120. The van der Waals surface area contributed by atoms with Gasteiger partial charge in [-0.2, -0.15) is 0 Å². The molecule has 2 aromatic rings. The Morgan fingerprint density at radius 1 is 0.962 bits per heavy atom. The van der Waals surface area contributed by atoms with E-state index in [-0.39, 0.29) is 5.91 Å². The second-order valence-corrected chi connectivity index (χ2v) is 7.25. The summed E-state index contributed by atoms with van der Waals surface area (Å²) < 4.78 is 0. The molecule has 1 aliphatic heterocycles. The third-order valence-electron chi connectivity index (χ3n) is 5.16. The first-order chi connectivity index (χ1) is 12.7. The SMILES string of the molecule is CCc1ccc(CCC(=O)NCc2cccc(CN3CCCC3)c2)cc1. The maximum atomic E-state index is 12.2. The van der Waals surface area contributed by atoms with Gasteiger partial charge in [-0.15, -0.1) is 0 Å². The van der Waals surface area contributed by atoms with Crippen LogP contribution in [0.1, 0.15) is 48.4 Å². The van der Waals surface area contributed by atoms with Crippen molar-refractivity contribution in [3.63, 3.8) is 0 Å². The molecule has 0 unspecified atom stereocenters. The number of carbonyl (C=O) groups is 1. The van der Waals surface area contributed by atoms with Crippen molar-refractivity contribution in [2.45, 2.75) is 52.1 Å². The van der Waals surface area contributed by atoms with E-state index in [4.69, 9.17) is 0 Å². The Kier molecular flexibility index (Phi) is 6.84. The summed E-state index contributed by atoms with van der Waals surface area (Å²) in [7, 11) is 0. The molecule has 138 valence electrons. The van der Waals surface area contributed by atoms with Crippen LogP contribution in [0, 0.1) is 0 Å². The van der Waals surface area contributed by atoms with Gasteiger partial charge in [0.05, 0.1) is 0 Å². The van der Waals surface area contributed by atoms with Crippen LogP contribution in [0.15, 0.2) is 48.5 Å². The molecule has 1 saturated heterocycles. The molecule has 0 spiro atoms. The summed E-state index contributed by atoms with van der Waals surface area (Å²) >= 11 is 0. The molecule has 1 fully saturated rings. The molecule has 0 bridgehead atoms. The van der Waals surface area contributed by atoms with E-state index in [0.717, 1.165) is 19.4 Å². The zero-order valence-corrected chi connectivity index (χ0v) is 15.8. The van der Waals surface area contributed by atoms with Gasteiger partial charge in [0.25, 0.3) is 0 Å². The van der Waals surface area contributed by atoms with Crippen molar-refractivity contribution in [3.8, 4) is 0 Å². The van der Waals surface area contributed by atoms with Crippen LogP contribution in [0.2, 0.25) is 0 Å². The molecular weight excluding hydrogens is 320 g/mol. The van der Waals surface area contributed by atoms with E-state index in [1.54, 1.807) is 0 Å². The molecule has 1 N–H and O–H groups in total. The summed E-state index contributed by atoms with van der Waals surface area (Å²) in [5.74, 6) is 0.120. The van der Waals surface area contributed by atoms with E-state index in [1.807, 2.05) is 0 Å². The zero-order chi connectivity index (χ0) is 18.2. The van der Waals surface area contributed by atoms with Crippen LogP contribution < -0.4 is 5.32 Å². The number of nitrogens with zero attached hydrogens (tertiary/aromatic N) is 1. The first-order valence-corrected chi connectivity index (χ1v) is 9.87. The van der Waals surface area contributed by atoms with Crippen molar-refractivity contribution < 1.29 is 4.79 Å². The molecule has 0 saturated carbocycles. The molecule has 3 rings (SSSR count). The predicted octanol–water partition coefficient (Wildman–Crippen LogP) is 4.09. The monoisotopic (exact) mass is 350 g/mol. The number of benzene rings is 2. The average Bonchev–Trinajstić information content (AvgIpc) is 3.18. The fourth-order valence-electron chi connectivity index (χ4n) is 3.53. The number of rotatable bonds is 8. The lowest BCUT2D eigenvalue weighted by Gasteiger charge is -2.15. The lowest BCUT2D eigenvalue weighted by Crippen LogP contribution is -2.23. The molecule has 2 aromatic carbocycles. The van der Waals surface area contributed by atoms with E-state index in [2.05, 4.69) is 65.7 Å². The maximum absolute atomic E-state index is 12.2. The van der Waals surface area contributed by atoms with Crippen LogP contribution in [-0.2, 0) is 30.7 Å². The fourth-order valence-corrected chi connectivity index (χ4v) is 3.53. The summed E-state index contributed by atoms with van der Waals surface area (Å²) in [6.45, 7) is 6.21. The normalized spacial score (nSPS) is 14.5. The summed E-state index contributed by atoms with van der Waals surface area (Å²) in [4.78, 5) is 14.7. The Bertz CT molecular complexity index is 702. The van der Waals surface area contributed by atoms with Crippen molar-refractivity contribution in [1.82, 2.24) is 10.2 Å². The standard InChI is InChI=1S/C23H30N2O/c1-2-19-8-10-20(11-9-19)12-13-23(26)24-17-21-6-5-7-22(16-21)18-25-14-3-4-15-25/h5-11,16H,2-4,12-15,17-18H2,1H3,(H,24,26). The first-order valence-electron chi connectivity index (χ1n) is 9.87. The number of hydrogen-bond acceptors (Lipinski definition) is 2.